The maximum absolute atomic E-state index is 10.2. The van der Waals surface area contributed by atoms with E-state index in [1.54, 1.807) is 13.0 Å². The van der Waals surface area contributed by atoms with E-state index < -0.39 is 10.1 Å². The largest absolute Gasteiger partial charge is 0.286 e. The Morgan fingerprint density at radius 3 is 2.50 bits per heavy atom. The predicted molar refractivity (Wildman–Crippen MR) is 40.4 cm³/mol. The molecule has 0 aromatic carbocycles. The summed E-state index contributed by atoms with van der Waals surface area (Å²) in [6, 6.07) is 0. The van der Waals surface area contributed by atoms with E-state index in [0.29, 0.717) is 6.42 Å². The molecule has 3 nitrogen and oxygen atoms in total. The number of rotatable bonds is 4. The fourth-order valence-electron chi connectivity index (χ4n) is 0.712. The maximum atomic E-state index is 10.2. The van der Waals surface area contributed by atoms with Gasteiger partial charge in [-0.2, -0.15) is 8.42 Å². The quantitative estimate of drug-likeness (QED) is 0.499. The van der Waals surface area contributed by atoms with Gasteiger partial charge in [-0.05, 0) is 12.3 Å². The molecule has 0 rings (SSSR count). The van der Waals surface area contributed by atoms with Crippen molar-refractivity contribution in [2.75, 3.05) is 5.75 Å². The summed E-state index contributed by atoms with van der Waals surface area (Å²) in [7, 11) is -3.79. The summed E-state index contributed by atoms with van der Waals surface area (Å²) in [5.74, 6) is -0.230. The molecule has 1 atom stereocenters. The molecule has 0 heterocycles. The molecule has 0 spiro atoms. The minimum absolute atomic E-state index is 0.0486. The van der Waals surface area contributed by atoms with Gasteiger partial charge in [-0.3, -0.25) is 4.55 Å². The summed E-state index contributed by atoms with van der Waals surface area (Å²) in [4.78, 5) is 0. The van der Waals surface area contributed by atoms with E-state index in [2.05, 4.69) is 6.58 Å². The van der Waals surface area contributed by atoms with Crippen LogP contribution in [-0.2, 0) is 10.1 Å². The summed E-state index contributed by atoms with van der Waals surface area (Å²) >= 11 is 0. The van der Waals surface area contributed by atoms with Crippen LogP contribution in [0.1, 0.15) is 13.3 Å². The Morgan fingerprint density at radius 1 is 1.70 bits per heavy atom. The summed E-state index contributed by atoms with van der Waals surface area (Å²) in [6.07, 6.45) is 2.25. The lowest BCUT2D eigenvalue weighted by Gasteiger charge is -2.03. The molecule has 0 bridgehead atoms. The topological polar surface area (TPSA) is 54.4 Å². The van der Waals surface area contributed by atoms with E-state index in [9.17, 15) is 8.42 Å². The molecule has 0 aromatic heterocycles. The first-order valence-corrected chi connectivity index (χ1v) is 4.62. The van der Waals surface area contributed by atoms with Gasteiger partial charge in [0, 0.05) is 0 Å². The molecule has 1 N–H and O–H groups in total. The first-order valence-electron chi connectivity index (χ1n) is 3.01. The van der Waals surface area contributed by atoms with E-state index in [1.165, 1.54) is 0 Å². The first kappa shape index (κ1) is 9.65. The smallest absolute Gasteiger partial charge is 0.265 e. The molecule has 10 heavy (non-hydrogen) atoms. The average Bonchev–Trinajstić information content (AvgIpc) is 1.59. The molecule has 0 unspecified atom stereocenters. The van der Waals surface area contributed by atoms with Crippen molar-refractivity contribution < 1.29 is 13.0 Å². The van der Waals surface area contributed by atoms with Gasteiger partial charge in [0.2, 0.25) is 0 Å². The van der Waals surface area contributed by atoms with Crippen LogP contribution in [-0.4, -0.2) is 18.7 Å². The molecule has 0 radical (unpaired) electrons. The zero-order chi connectivity index (χ0) is 8.20. The van der Waals surface area contributed by atoms with Crippen molar-refractivity contribution in [2.45, 2.75) is 13.3 Å². The Labute approximate surface area is 61.5 Å². The van der Waals surface area contributed by atoms with Crippen molar-refractivity contribution in [3.8, 4) is 0 Å². The van der Waals surface area contributed by atoms with Crippen molar-refractivity contribution in [1.29, 1.82) is 0 Å². The van der Waals surface area contributed by atoms with Gasteiger partial charge in [-0.25, -0.2) is 0 Å². The van der Waals surface area contributed by atoms with Gasteiger partial charge in [0.05, 0.1) is 5.75 Å². The SMILES string of the molecule is C=CC[C@H](C)CS(=O)(=O)O. The van der Waals surface area contributed by atoms with Gasteiger partial charge in [0.25, 0.3) is 10.1 Å². The van der Waals surface area contributed by atoms with Gasteiger partial charge in [-0.15, -0.1) is 6.58 Å². The Hall–Kier alpha value is -0.350. The molecule has 4 heteroatoms. The van der Waals surface area contributed by atoms with E-state index in [1.807, 2.05) is 0 Å². The van der Waals surface area contributed by atoms with E-state index in [-0.39, 0.29) is 11.7 Å². The fourth-order valence-corrected chi connectivity index (χ4v) is 1.57. The Morgan fingerprint density at radius 2 is 2.20 bits per heavy atom. The second-order valence-electron chi connectivity index (χ2n) is 2.38. The van der Waals surface area contributed by atoms with E-state index in [4.69, 9.17) is 4.55 Å². The van der Waals surface area contributed by atoms with Crippen molar-refractivity contribution in [3.05, 3.63) is 12.7 Å². The Bertz CT molecular complexity index is 193. The minimum Gasteiger partial charge on any atom is -0.286 e. The van der Waals surface area contributed by atoms with Crippen LogP contribution in [0.5, 0.6) is 0 Å². The Balaban J connectivity index is 3.80. The molecule has 0 aliphatic heterocycles. The lowest BCUT2D eigenvalue weighted by molar-refractivity contribution is 0.470. The van der Waals surface area contributed by atoms with Gasteiger partial charge < -0.3 is 0 Å². The number of hydrogen-bond acceptors (Lipinski definition) is 2. The monoisotopic (exact) mass is 164 g/mol. The third kappa shape index (κ3) is 5.78. The highest BCUT2D eigenvalue weighted by Gasteiger charge is 2.09. The molecular weight excluding hydrogens is 152 g/mol. The van der Waals surface area contributed by atoms with E-state index >= 15 is 0 Å². The highest BCUT2D eigenvalue weighted by atomic mass is 32.2. The summed E-state index contributed by atoms with van der Waals surface area (Å²) < 4.78 is 28.8. The van der Waals surface area contributed by atoms with Crippen LogP contribution in [0.2, 0.25) is 0 Å². The maximum Gasteiger partial charge on any atom is 0.265 e. The fraction of sp³-hybridized carbons (Fsp3) is 0.667. The van der Waals surface area contributed by atoms with Crippen LogP contribution in [0.4, 0.5) is 0 Å². The van der Waals surface area contributed by atoms with E-state index in [0.717, 1.165) is 0 Å². The van der Waals surface area contributed by atoms with Gasteiger partial charge in [0.15, 0.2) is 0 Å². The molecular formula is C6H12O3S. The van der Waals surface area contributed by atoms with Gasteiger partial charge in [0.1, 0.15) is 0 Å². The minimum atomic E-state index is -3.79. The van der Waals surface area contributed by atoms with Crippen LogP contribution in [0.3, 0.4) is 0 Å². The lowest BCUT2D eigenvalue weighted by Crippen LogP contribution is -2.11. The molecule has 0 aliphatic rings. The predicted octanol–water partition coefficient (Wildman–Crippen LogP) is 1.09. The molecule has 0 saturated heterocycles. The van der Waals surface area contributed by atoms with Crippen molar-refractivity contribution >= 4 is 10.1 Å². The molecule has 0 fully saturated rings. The Kier molecular flexibility index (Phi) is 3.60. The highest BCUT2D eigenvalue weighted by Crippen LogP contribution is 2.04. The standard InChI is InChI=1S/C6H12O3S/c1-3-4-6(2)5-10(7,8)9/h3,6H,1,4-5H2,2H3,(H,7,8,9)/t6-/m0/s1. The molecule has 0 saturated carbocycles. The van der Waals surface area contributed by atoms with Crippen molar-refractivity contribution in [2.24, 2.45) is 5.92 Å². The third-order valence-electron chi connectivity index (χ3n) is 1.06. The number of hydrogen-bond donors (Lipinski definition) is 1. The van der Waals surface area contributed by atoms with Crippen LogP contribution in [0.15, 0.2) is 12.7 Å². The summed E-state index contributed by atoms with van der Waals surface area (Å²) in [6.45, 7) is 5.20. The zero-order valence-corrected chi connectivity index (χ0v) is 6.76. The highest BCUT2D eigenvalue weighted by molar-refractivity contribution is 7.85. The van der Waals surface area contributed by atoms with Crippen LogP contribution >= 0.6 is 0 Å². The average molecular weight is 164 g/mol. The molecule has 60 valence electrons. The van der Waals surface area contributed by atoms with Crippen molar-refractivity contribution in [1.82, 2.24) is 0 Å². The summed E-state index contributed by atoms with van der Waals surface area (Å²) in [5, 5.41) is 0. The van der Waals surface area contributed by atoms with Crippen LogP contribution < -0.4 is 0 Å². The number of allylic oxidation sites excluding steroid dienone is 1. The third-order valence-corrected chi connectivity index (χ3v) is 2.05. The summed E-state index contributed by atoms with van der Waals surface area (Å²) in [5.41, 5.74) is 0. The molecule has 0 amide bonds. The van der Waals surface area contributed by atoms with Crippen LogP contribution in [0.25, 0.3) is 0 Å². The van der Waals surface area contributed by atoms with Crippen molar-refractivity contribution in [3.63, 3.8) is 0 Å². The molecule has 0 aromatic rings. The normalized spacial score (nSPS) is 14.6. The van der Waals surface area contributed by atoms with Crippen LogP contribution in [0, 0.1) is 5.92 Å². The second kappa shape index (κ2) is 3.73. The lowest BCUT2D eigenvalue weighted by atomic mass is 10.1. The van der Waals surface area contributed by atoms with Gasteiger partial charge >= 0.3 is 0 Å². The first-order chi connectivity index (χ1) is 4.45. The molecule has 0 aliphatic carbocycles. The second-order valence-corrected chi connectivity index (χ2v) is 3.88. The van der Waals surface area contributed by atoms with Gasteiger partial charge in [-0.1, -0.05) is 13.0 Å². The zero-order valence-electron chi connectivity index (χ0n) is 5.95.